The number of urea groups is 1. The molecule has 2 rings (SSSR count). The molecule has 100 valence electrons. The van der Waals surface area contributed by atoms with E-state index in [-0.39, 0.29) is 6.03 Å². The fraction of sp³-hybridized carbons (Fsp3) is 0.286. The average Bonchev–Trinajstić information content (AvgIpc) is 2.76. The van der Waals surface area contributed by atoms with Crippen LogP contribution in [0.15, 0.2) is 47.1 Å². The molecule has 0 saturated heterocycles. The van der Waals surface area contributed by atoms with Gasteiger partial charge in [0.25, 0.3) is 0 Å². The highest BCUT2D eigenvalue weighted by Gasteiger charge is 2.11. The lowest BCUT2D eigenvalue weighted by Crippen LogP contribution is -2.30. The smallest absolute Gasteiger partial charge is 0.323 e. The Morgan fingerprint density at radius 2 is 1.95 bits per heavy atom. The van der Waals surface area contributed by atoms with Gasteiger partial charge in [-0.25, -0.2) is 4.79 Å². The zero-order chi connectivity index (χ0) is 13.7. The van der Waals surface area contributed by atoms with Crippen molar-refractivity contribution in [3.8, 4) is 0 Å². The van der Waals surface area contributed by atoms with Gasteiger partial charge in [0.15, 0.2) is 0 Å². The average molecular weight is 258 g/mol. The number of anilines is 1. The maximum absolute atomic E-state index is 11.8. The van der Waals surface area contributed by atoms with Crippen LogP contribution >= 0.6 is 0 Å². The Bertz CT molecular complexity index is 505. The maximum Gasteiger partial charge on any atom is 0.323 e. The zero-order valence-electron chi connectivity index (χ0n) is 11.1. The number of nitrogens with one attached hydrogen (secondary N) is 3. The van der Waals surface area contributed by atoms with E-state index in [0.717, 1.165) is 17.2 Å². The lowest BCUT2D eigenvalue weighted by atomic mass is 10.3. The highest BCUT2D eigenvalue weighted by atomic mass is 16.2. The van der Waals surface area contributed by atoms with Crippen molar-refractivity contribution in [2.45, 2.75) is 19.9 Å². The van der Waals surface area contributed by atoms with Crippen LogP contribution < -0.4 is 16.0 Å². The van der Waals surface area contributed by atoms with Crippen LogP contribution in [0.4, 0.5) is 10.5 Å². The molecule has 0 unspecified atom stereocenters. The minimum absolute atomic E-state index is 0.251. The Morgan fingerprint density at radius 3 is 2.63 bits per heavy atom. The van der Waals surface area contributed by atoms with Crippen molar-refractivity contribution in [2.75, 3.05) is 11.9 Å². The molecule has 0 aliphatic carbocycles. The van der Waals surface area contributed by atoms with E-state index in [0.29, 0.717) is 12.6 Å². The molecule has 5 heteroatoms. The van der Waals surface area contributed by atoms with Crippen LogP contribution in [-0.2, 0) is 0 Å². The molecule has 0 bridgehead atoms. The molecular formula is C14H18N4O. The first kappa shape index (κ1) is 13.1. The topological polar surface area (TPSA) is 65.5 Å². The van der Waals surface area contributed by atoms with E-state index in [4.69, 9.17) is 0 Å². The highest BCUT2D eigenvalue weighted by Crippen LogP contribution is 2.06. The summed E-state index contributed by atoms with van der Waals surface area (Å²) in [6.45, 7) is 4.59. The summed E-state index contributed by atoms with van der Waals surface area (Å²) in [5.74, 6) is 0.810. The lowest BCUT2D eigenvalue weighted by Gasteiger charge is -2.07. The molecule has 1 aliphatic rings. The van der Waals surface area contributed by atoms with E-state index in [1.54, 1.807) is 0 Å². The van der Waals surface area contributed by atoms with Crippen molar-refractivity contribution in [3.63, 3.8) is 0 Å². The maximum atomic E-state index is 11.8. The van der Waals surface area contributed by atoms with Gasteiger partial charge in [0.1, 0.15) is 5.84 Å². The van der Waals surface area contributed by atoms with Crippen LogP contribution in [0.1, 0.15) is 13.8 Å². The third-order valence-electron chi connectivity index (χ3n) is 2.47. The number of carbonyl (C=O) groups is 1. The number of amides is 2. The van der Waals surface area contributed by atoms with Gasteiger partial charge < -0.3 is 16.0 Å². The highest BCUT2D eigenvalue weighted by molar-refractivity contribution is 5.97. The standard InChI is InChI=1S/C14H18N4O/c1-10(2)16-13-8-12(9-15-13)18-14(19)17-11-6-4-3-5-7-11/h3-8,10H,9H2,1-2H3,(H,15,16)(H2,17,18,19). The zero-order valence-corrected chi connectivity index (χ0v) is 11.1. The summed E-state index contributed by atoms with van der Waals surface area (Å²) < 4.78 is 0. The molecule has 5 nitrogen and oxygen atoms in total. The summed E-state index contributed by atoms with van der Waals surface area (Å²) in [6.07, 6.45) is 1.85. The molecule has 0 radical (unpaired) electrons. The predicted octanol–water partition coefficient (Wildman–Crippen LogP) is 2.10. The van der Waals surface area contributed by atoms with Gasteiger partial charge in [-0.2, -0.15) is 0 Å². The molecule has 1 heterocycles. The van der Waals surface area contributed by atoms with Crippen molar-refractivity contribution in [2.24, 2.45) is 4.99 Å². The van der Waals surface area contributed by atoms with Crippen molar-refractivity contribution in [1.82, 2.24) is 10.6 Å². The first-order chi connectivity index (χ1) is 9.13. The fourth-order valence-electron chi connectivity index (χ4n) is 1.72. The van der Waals surface area contributed by atoms with Crippen molar-refractivity contribution < 1.29 is 4.79 Å². The Labute approximate surface area is 112 Å². The number of hydrogen-bond acceptors (Lipinski definition) is 3. The van der Waals surface area contributed by atoms with Gasteiger partial charge in [0, 0.05) is 23.5 Å². The van der Waals surface area contributed by atoms with Gasteiger partial charge in [-0.15, -0.1) is 0 Å². The number of nitrogens with zero attached hydrogens (tertiary/aromatic N) is 1. The van der Waals surface area contributed by atoms with E-state index in [9.17, 15) is 4.79 Å². The first-order valence-corrected chi connectivity index (χ1v) is 6.28. The molecule has 2 amide bonds. The summed E-state index contributed by atoms with van der Waals surface area (Å²) >= 11 is 0. The van der Waals surface area contributed by atoms with Gasteiger partial charge in [-0.3, -0.25) is 4.99 Å². The molecule has 0 aromatic heterocycles. The van der Waals surface area contributed by atoms with Crippen LogP contribution in [0.2, 0.25) is 0 Å². The Morgan fingerprint density at radius 1 is 1.21 bits per heavy atom. The van der Waals surface area contributed by atoms with E-state index in [1.165, 1.54) is 0 Å². The van der Waals surface area contributed by atoms with E-state index in [1.807, 2.05) is 50.3 Å². The molecule has 1 aromatic carbocycles. The molecule has 3 N–H and O–H groups in total. The first-order valence-electron chi connectivity index (χ1n) is 6.28. The van der Waals surface area contributed by atoms with E-state index in [2.05, 4.69) is 20.9 Å². The molecule has 0 atom stereocenters. The quantitative estimate of drug-likeness (QED) is 0.777. The molecule has 0 fully saturated rings. The minimum Gasteiger partial charge on any atom is -0.368 e. The van der Waals surface area contributed by atoms with Crippen molar-refractivity contribution in [1.29, 1.82) is 0 Å². The van der Waals surface area contributed by atoms with Gasteiger partial charge in [0.05, 0.1) is 6.54 Å². The number of aliphatic imine (C=N–C) groups is 1. The lowest BCUT2D eigenvalue weighted by molar-refractivity contribution is 0.254. The normalized spacial score (nSPS) is 13.8. The number of benzene rings is 1. The van der Waals surface area contributed by atoms with Gasteiger partial charge in [-0.05, 0) is 26.0 Å². The molecule has 0 spiro atoms. The van der Waals surface area contributed by atoms with Gasteiger partial charge in [0.2, 0.25) is 0 Å². The van der Waals surface area contributed by atoms with Crippen molar-refractivity contribution >= 4 is 17.6 Å². The van der Waals surface area contributed by atoms with Crippen LogP contribution in [0, 0.1) is 0 Å². The van der Waals surface area contributed by atoms with Crippen LogP contribution in [-0.4, -0.2) is 24.5 Å². The van der Waals surface area contributed by atoms with Crippen LogP contribution in [0.5, 0.6) is 0 Å². The summed E-state index contributed by atoms with van der Waals surface area (Å²) in [5, 5.41) is 8.75. The van der Waals surface area contributed by atoms with E-state index >= 15 is 0 Å². The van der Waals surface area contributed by atoms with E-state index < -0.39 is 0 Å². The molecule has 19 heavy (non-hydrogen) atoms. The third-order valence-corrected chi connectivity index (χ3v) is 2.47. The summed E-state index contributed by atoms with van der Waals surface area (Å²) in [6, 6.07) is 9.40. The Balaban J connectivity index is 1.84. The molecule has 1 aliphatic heterocycles. The SMILES string of the molecule is CC(C)NC1=NCC(NC(=O)Nc2ccccc2)=C1. The number of rotatable bonds is 3. The predicted molar refractivity (Wildman–Crippen MR) is 77.3 cm³/mol. The monoisotopic (exact) mass is 258 g/mol. The minimum atomic E-state index is -0.251. The number of hydrogen-bond donors (Lipinski definition) is 3. The second kappa shape index (κ2) is 6.04. The summed E-state index contributed by atoms with van der Waals surface area (Å²) in [4.78, 5) is 16.1. The van der Waals surface area contributed by atoms with Gasteiger partial charge >= 0.3 is 6.03 Å². The Kier molecular flexibility index (Phi) is 4.18. The van der Waals surface area contributed by atoms with Gasteiger partial charge in [-0.1, -0.05) is 18.2 Å². The van der Waals surface area contributed by atoms with Crippen LogP contribution in [0.3, 0.4) is 0 Å². The summed E-state index contributed by atoms with van der Waals surface area (Å²) in [5.41, 5.74) is 1.55. The fourth-order valence-corrected chi connectivity index (χ4v) is 1.72. The van der Waals surface area contributed by atoms with Crippen LogP contribution in [0.25, 0.3) is 0 Å². The molecular weight excluding hydrogens is 240 g/mol. The Hall–Kier alpha value is -2.30. The number of para-hydroxylation sites is 1. The molecule has 0 saturated carbocycles. The second-order valence-electron chi connectivity index (χ2n) is 4.62. The number of amidine groups is 1. The largest absolute Gasteiger partial charge is 0.368 e. The van der Waals surface area contributed by atoms with Crippen molar-refractivity contribution in [3.05, 3.63) is 42.1 Å². The summed E-state index contributed by atoms with van der Waals surface area (Å²) in [7, 11) is 0. The number of carbonyl (C=O) groups excluding carboxylic acids is 1. The second-order valence-corrected chi connectivity index (χ2v) is 4.62. The third kappa shape index (κ3) is 4.13. The molecule has 1 aromatic rings.